The van der Waals surface area contributed by atoms with E-state index >= 15 is 0 Å². The second-order valence-corrected chi connectivity index (χ2v) is 42.7. The summed E-state index contributed by atoms with van der Waals surface area (Å²) in [6.45, 7) is 10.4. The zero-order valence-corrected chi connectivity index (χ0v) is 71.2. The first-order chi connectivity index (χ1) is 59.2. The molecule has 0 aliphatic heterocycles. The number of allylic oxidation sites excluding steroid dienone is 8. The molecule has 0 fully saturated rings. The van der Waals surface area contributed by atoms with Crippen LogP contribution in [-0.2, 0) is 21.7 Å². The molecule has 0 aromatic heterocycles. The Morgan fingerprint density at radius 1 is 0.142 bits per heavy atom. The summed E-state index contributed by atoms with van der Waals surface area (Å²) >= 11 is 0. The molecule has 0 radical (unpaired) electrons. The molecule has 12 aliphatic rings. The second kappa shape index (κ2) is 29.0. The molecule has 0 atom stereocenters. The zero-order valence-electron chi connectivity index (χ0n) is 67.7. The van der Waals surface area contributed by atoms with E-state index in [4.69, 9.17) is 0 Å². The quantitative estimate of drug-likeness (QED) is 0.0952. The van der Waals surface area contributed by atoms with Crippen LogP contribution in [0.2, 0.25) is 0 Å². The van der Waals surface area contributed by atoms with Crippen molar-refractivity contribution in [2.75, 3.05) is 0 Å². The maximum Gasteiger partial charge on any atom is 0.0436 e. The molecular weight excluding hydrogens is 1520 g/mol. The van der Waals surface area contributed by atoms with Crippen molar-refractivity contribution in [3.8, 4) is 0 Å². The highest BCUT2D eigenvalue weighted by Crippen LogP contribution is 2.78. The third-order valence-electron chi connectivity index (χ3n) is 28.2. The van der Waals surface area contributed by atoms with Crippen LogP contribution in [0.4, 0.5) is 0 Å². The Morgan fingerprint density at radius 2 is 0.250 bits per heavy atom. The summed E-state index contributed by atoms with van der Waals surface area (Å²) in [6.07, 6.45) is 0. The molecule has 16 aromatic carbocycles. The fourth-order valence-electron chi connectivity index (χ4n) is 23.5. The monoisotopic (exact) mass is 1600 g/mol. The van der Waals surface area contributed by atoms with Crippen LogP contribution in [0.1, 0.15) is 140 Å². The minimum atomic E-state index is -0.989. The van der Waals surface area contributed by atoms with Crippen molar-refractivity contribution in [2.24, 2.45) is 0 Å². The third kappa shape index (κ3) is 10.7. The lowest BCUT2D eigenvalue weighted by Crippen LogP contribution is -2.48. The van der Waals surface area contributed by atoms with Gasteiger partial charge in [0.2, 0.25) is 0 Å². The van der Waals surface area contributed by atoms with Gasteiger partial charge in [0.1, 0.15) is 0 Å². The Hall–Kier alpha value is -11.8. The van der Waals surface area contributed by atoms with Gasteiger partial charge in [0.05, 0.1) is 0 Å². The molecule has 4 heteroatoms. The van der Waals surface area contributed by atoms with Gasteiger partial charge in [-0.25, -0.2) is 0 Å². The van der Waals surface area contributed by atoms with E-state index in [2.05, 4.69) is 464 Å². The average molecular weight is 1610 g/mol. The van der Waals surface area contributed by atoms with Crippen LogP contribution in [0.15, 0.2) is 480 Å². The van der Waals surface area contributed by atoms with Gasteiger partial charge in [0.15, 0.2) is 0 Å². The summed E-state index contributed by atoms with van der Waals surface area (Å²) in [5, 5.41) is 17.6. The molecule has 0 saturated heterocycles. The Kier molecular flexibility index (Phi) is 17.7. The molecule has 0 N–H and O–H groups in total. The van der Waals surface area contributed by atoms with Gasteiger partial charge in [-0.1, -0.05) is 437 Å². The normalized spacial score (nSPS) is 21.8. The molecule has 0 saturated carbocycles. The highest BCUT2D eigenvalue weighted by atomic mass is 31.1. The Labute approximate surface area is 711 Å². The number of hydrogen-bond acceptors (Lipinski definition) is 0. The minimum absolute atomic E-state index is 0.101. The summed E-state index contributed by atoms with van der Waals surface area (Å²) in [5.74, 6) is 0.403. The first kappa shape index (κ1) is 73.3. The topological polar surface area (TPSA) is 0 Å². The average Bonchev–Trinajstić information content (AvgIpc) is 0.654. The summed E-state index contributed by atoms with van der Waals surface area (Å²) in [7, 11) is -3.96. The van der Waals surface area contributed by atoms with Gasteiger partial charge in [-0.15, -0.1) is 0 Å². The fourth-order valence-corrected chi connectivity index (χ4v) is 35.1. The van der Waals surface area contributed by atoms with Gasteiger partial charge in [-0.2, -0.15) is 0 Å². The second-order valence-electron chi connectivity index (χ2n) is 34.0. The van der Waals surface area contributed by atoms with Gasteiger partial charge in [-0.3, -0.25) is 0 Å². The molecule has 0 unspecified atom stereocenters. The van der Waals surface area contributed by atoms with Crippen molar-refractivity contribution in [1.82, 2.24) is 0 Å². The van der Waals surface area contributed by atoms with E-state index in [1.807, 2.05) is 0 Å². The molecule has 0 spiro atoms. The molecule has 28 rings (SSSR count). The lowest BCUT2D eigenvalue weighted by molar-refractivity contribution is 0.532. The van der Waals surface area contributed by atoms with Gasteiger partial charge in [0.25, 0.3) is 0 Å². The smallest absolute Gasteiger partial charge is 0.0436 e. The maximum atomic E-state index is 2.60. The first-order valence-electron chi connectivity index (χ1n) is 42.6. The SMILES string of the molecule is CC12C(C3=C(P(c4ccccc4)c4ccccc4)C4c5ccccc5C3(C)c3ccccc34)=C(P(c3ccccc3)c3ccccc3)C(c3ccccc31)c1ccccc12.CC12C(C3=C(P(c4ccccc4)c4ccccc4)C4c5ccccc5C3(C)c3ccccc34)=C(P(c3ccccc3)c3ccccc3)C(c3ccccc31)c1ccccc12. The van der Waals surface area contributed by atoms with E-state index in [0.717, 1.165) is 0 Å². The number of rotatable bonds is 14. The van der Waals surface area contributed by atoms with Crippen LogP contribution in [0.25, 0.3) is 0 Å². The lowest BCUT2D eigenvalue weighted by Gasteiger charge is -2.58. The largest absolute Gasteiger partial charge is 0.0622 e. The Morgan fingerprint density at radius 3 is 0.375 bits per heavy atom. The molecule has 16 aromatic rings. The van der Waals surface area contributed by atoms with E-state index in [9.17, 15) is 0 Å². The van der Waals surface area contributed by atoms with Gasteiger partial charge >= 0.3 is 0 Å². The van der Waals surface area contributed by atoms with Gasteiger partial charge < -0.3 is 0 Å². The predicted octanol–water partition coefficient (Wildman–Crippen LogP) is 25.4. The van der Waals surface area contributed by atoms with Crippen LogP contribution in [0.5, 0.6) is 0 Å². The van der Waals surface area contributed by atoms with Crippen molar-refractivity contribution in [3.05, 3.63) is 569 Å². The van der Waals surface area contributed by atoms with Crippen molar-refractivity contribution < 1.29 is 0 Å². The molecule has 0 heterocycles. The molecule has 572 valence electrons. The number of fused-ring (bicyclic) bond motifs is 2. The molecule has 0 amide bonds. The standard InChI is InChI=1S/2C58H44P2/c2*1-57-47-35-19-15-31-43(47)51(44-32-16-20-36-48(44)57)55(59(39-23-7-3-8-24-39)40-25-9-4-10-26-40)53(57)54-56(60(41-27-11-5-12-28-41)42-29-13-6-14-30-42)52-45-33-17-21-37-49(45)58(54,2)50-38-22-18-34-46(50)52/h2*3-38,51-52H,1-2H3. The third-order valence-corrected chi connectivity index (χ3v) is 38.6. The summed E-state index contributed by atoms with van der Waals surface area (Å²) < 4.78 is 0. The highest BCUT2D eigenvalue weighted by Gasteiger charge is 2.63. The molecule has 12 aliphatic carbocycles. The first-order valence-corrected chi connectivity index (χ1v) is 47.9. The summed E-state index contributed by atoms with van der Waals surface area (Å²) in [6, 6.07) is 168. The number of benzene rings is 16. The van der Waals surface area contributed by atoms with Crippen LogP contribution >= 0.6 is 31.7 Å². The molecule has 0 nitrogen and oxygen atoms in total. The predicted molar refractivity (Wildman–Crippen MR) is 509 cm³/mol. The van der Waals surface area contributed by atoms with Crippen molar-refractivity contribution in [3.63, 3.8) is 0 Å². The maximum absolute atomic E-state index is 2.60. The number of hydrogen-bond donors (Lipinski definition) is 0. The van der Waals surface area contributed by atoms with Gasteiger partial charge in [-0.05, 0) is 234 Å². The van der Waals surface area contributed by atoms with Crippen LogP contribution < -0.4 is 42.4 Å². The van der Waals surface area contributed by atoms with Gasteiger partial charge in [0, 0.05) is 45.3 Å². The van der Waals surface area contributed by atoms with Crippen molar-refractivity contribution >= 4 is 74.1 Å². The molecule has 8 bridgehead atoms. The zero-order chi connectivity index (χ0) is 80.0. The van der Waals surface area contributed by atoms with E-state index in [1.165, 1.54) is 131 Å². The minimum Gasteiger partial charge on any atom is -0.0622 e. The summed E-state index contributed by atoms with van der Waals surface area (Å²) in [5.41, 5.74) is 27.7. The van der Waals surface area contributed by atoms with Crippen LogP contribution in [0.3, 0.4) is 0 Å². The molecular formula is C116H88P4. The fraction of sp³-hybridized carbons (Fsp3) is 0.103. The van der Waals surface area contributed by atoms with Crippen molar-refractivity contribution in [2.45, 2.75) is 73.0 Å². The van der Waals surface area contributed by atoms with E-state index in [1.54, 1.807) is 43.5 Å². The highest BCUT2D eigenvalue weighted by molar-refractivity contribution is 7.78. The van der Waals surface area contributed by atoms with Crippen molar-refractivity contribution in [1.29, 1.82) is 0 Å². The summed E-state index contributed by atoms with van der Waals surface area (Å²) in [4.78, 5) is 0. The Bertz CT molecular complexity index is 5690. The van der Waals surface area contributed by atoms with E-state index < -0.39 is 53.3 Å². The van der Waals surface area contributed by atoms with E-state index in [-0.39, 0.29) is 23.7 Å². The Balaban J connectivity index is 0.000000140. The van der Waals surface area contributed by atoms with Crippen LogP contribution in [-0.4, -0.2) is 0 Å². The van der Waals surface area contributed by atoms with Crippen LogP contribution in [0, 0.1) is 0 Å². The van der Waals surface area contributed by atoms with E-state index in [0.29, 0.717) is 0 Å². The lowest BCUT2D eigenvalue weighted by atomic mass is 9.48. The molecule has 120 heavy (non-hydrogen) atoms.